The van der Waals surface area contributed by atoms with Gasteiger partial charge in [0.05, 0.1) is 4.88 Å². The minimum atomic E-state index is -0.135. The Balaban J connectivity index is 1.72. The van der Waals surface area contributed by atoms with Crippen molar-refractivity contribution in [2.24, 2.45) is 0 Å². The SMILES string of the molecule is CCN(CC)C(=O)c1ccc(NC(=O)c2cc3ccccc3s2)cc1. The van der Waals surface area contributed by atoms with E-state index >= 15 is 0 Å². The molecule has 0 fully saturated rings. The molecule has 5 heteroatoms. The Morgan fingerprint density at radius 1 is 1.00 bits per heavy atom. The highest BCUT2D eigenvalue weighted by Gasteiger charge is 2.13. The molecule has 0 saturated carbocycles. The molecule has 2 amide bonds. The third-order valence-corrected chi connectivity index (χ3v) is 5.20. The number of amides is 2. The topological polar surface area (TPSA) is 49.4 Å². The Hall–Kier alpha value is -2.66. The van der Waals surface area contributed by atoms with Gasteiger partial charge in [-0.2, -0.15) is 0 Å². The number of anilines is 1. The molecule has 0 aliphatic carbocycles. The summed E-state index contributed by atoms with van der Waals surface area (Å²) in [4.78, 5) is 27.2. The van der Waals surface area contributed by atoms with Crippen LogP contribution >= 0.6 is 11.3 Å². The first-order chi connectivity index (χ1) is 12.1. The van der Waals surface area contributed by atoms with Gasteiger partial charge in [0.15, 0.2) is 0 Å². The van der Waals surface area contributed by atoms with Crippen molar-refractivity contribution in [2.45, 2.75) is 13.8 Å². The maximum Gasteiger partial charge on any atom is 0.265 e. The molecule has 0 aliphatic rings. The van der Waals surface area contributed by atoms with Gasteiger partial charge in [-0.25, -0.2) is 0 Å². The van der Waals surface area contributed by atoms with Gasteiger partial charge in [0.25, 0.3) is 11.8 Å². The summed E-state index contributed by atoms with van der Waals surface area (Å²) in [5, 5.41) is 3.96. The third-order valence-electron chi connectivity index (χ3n) is 4.09. The van der Waals surface area contributed by atoms with E-state index in [1.165, 1.54) is 11.3 Å². The van der Waals surface area contributed by atoms with E-state index in [9.17, 15) is 9.59 Å². The molecule has 3 aromatic rings. The first-order valence-electron chi connectivity index (χ1n) is 8.31. The van der Waals surface area contributed by atoms with Crippen LogP contribution in [0, 0.1) is 0 Å². The highest BCUT2D eigenvalue weighted by atomic mass is 32.1. The van der Waals surface area contributed by atoms with Crippen LogP contribution in [0.25, 0.3) is 10.1 Å². The quantitative estimate of drug-likeness (QED) is 0.727. The van der Waals surface area contributed by atoms with Gasteiger partial charge in [-0.3, -0.25) is 9.59 Å². The Labute approximate surface area is 151 Å². The molecule has 3 rings (SSSR count). The Morgan fingerprint density at radius 3 is 2.32 bits per heavy atom. The maximum absolute atomic E-state index is 12.4. The van der Waals surface area contributed by atoms with E-state index in [-0.39, 0.29) is 11.8 Å². The molecule has 0 atom stereocenters. The summed E-state index contributed by atoms with van der Waals surface area (Å²) in [5.41, 5.74) is 1.31. The van der Waals surface area contributed by atoms with Gasteiger partial charge in [0.2, 0.25) is 0 Å². The van der Waals surface area contributed by atoms with Gasteiger partial charge in [0.1, 0.15) is 0 Å². The molecule has 1 aromatic heterocycles. The summed E-state index contributed by atoms with van der Waals surface area (Å²) < 4.78 is 1.09. The van der Waals surface area contributed by atoms with Crippen molar-refractivity contribution in [3.05, 3.63) is 65.0 Å². The first kappa shape index (κ1) is 17.2. The van der Waals surface area contributed by atoms with Crippen LogP contribution in [-0.2, 0) is 0 Å². The molecule has 1 N–H and O–H groups in total. The van der Waals surface area contributed by atoms with Crippen LogP contribution in [0.15, 0.2) is 54.6 Å². The molecule has 0 saturated heterocycles. The zero-order chi connectivity index (χ0) is 17.8. The molecule has 0 aliphatic heterocycles. The van der Waals surface area contributed by atoms with Crippen molar-refractivity contribution in [3.63, 3.8) is 0 Å². The second kappa shape index (κ2) is 7.49. The minimum absolute atomic E-state index is 0.00684. The number of fused-ring (bicyclic) bond motifs is 1. The van der Waals surface area contributed by atoms with E-state index in [0.717, 1.165) is 10.1 Å². The first-order valence-corrected chi connectivity index (χ1v) is 9.13. The van der Waals surface area contributed by atoms with E-state index in [2.05, 4.69) is 5.32 Å². The predicted octanol–water partition coefficient (Wildman–Crippen LogP) is 4.64. The van der Waals surface area contributed by atoms with Crippen molar-refractivity contribution in [1.82, 2.24) is 4.90 Å². The van der Waals surface area contributed by atoms with E-state index in [1.54, 1.807) is 29.2 Å². The van der Waals surface area contributed by atoms with Crippen LogP contribution in [0.1, 0.15) is 33.9 Å². The number of hydrogen-bond donors (Lipinski definition) is 1. The lowest BCUT2D eigenvalue weighted by atomic mass is 10.1. The van der Waals surface area contributed by atoms with E-state index in [0.29, 0.717) is 29.2 Å². The smallest absolute Gasteiger partial charge is 0.265 e. The van der Waals surface area contributed by atoms with Crippen LogP contribution in [0.4, 0.5) is 5.69 Å². The predicted molar refractivity (Wildman–Crippen MR) is 103 cm³/mol. The molecule has 4 nitrogen and oxygen atoms in total. The zero-order valence-corrected chi connectivity index (χ0v) is 15.1. The lowest BCUT2D eigenvalue weighted by Crippen LogP contribution is -2.30. The Bertz CT molecular complexity index is 862. The van der Waals surface area contributed by atoms with Gasteiger partial charge >= 0.3 is 0 Å². The molecule has 128 valence electrons. The Morgan fingerprint density at radius 2 is 1.68 bits per heavy atom. The summed E-state index contributed by atoms with van der Waals surface area (Å²) >= 11 is 1.47. The number of nitrogens with one attached hydrogen (secondary N) is 1. The van der Waals surface area contributed by atoms with Crippen molar-refractivity contribution < 1.29 is 9.59 Å². The third kappa shape index (κ3) is 3.72. The van der Waals surface area contributed by atoms with Gasteiger partial charge < -0.3 is 10.2 Å². The second-order valence-corrected chi connectivity index (χ2v) is 6.74. The highest BCUT2D eigenvalue weighted by Crippen LogP contribution is 2.26. The fraction of sp³-hybridized carbons (Fsp3) is 0.200. The summed E-state index contributed by atoms with van der Waals surface area (Å²) in [7, 11) is 0. The molecule has 0 radical (unpaired) electrons. The molecule has 1 heterocycles. The summed E-state index contributed by atoms with van der Waals surface area (Å²) in [5.74, 6) is -0.128. The molecule has 0 spiro atoms. The molecular weight excluding hydrogens is 332 g/mol. The number of carbonyl (C=O) groups excluding carboxylic acids is 2. The highest BCUT2D eigenvalue weighted by molar-refractivity contribution is 7.20. The monoisotopic (exact) mass is 352 g/mol. The number of thiophene rings is 1. The average molecular weight is 352 g/mol. The van der Waals surface area contributed by atoms with Gasteiger partial charge in [-0.05, 0) is 55.6 Å². The van der Waals surface area contributed by atoms with E-state index in [1.807, 2.05) is 44.2 Å². The summed E-state index contributed by atoms with van der Waals surface area (Å²) in [6, 6.07) is 16.9. The summed E-state index contributed by atoms with van der Waals surface area (Å²) in [6.07, 6.45) is 0. The standard InChI is InChI=1S/C20H20N2O2S/c1-3-22(4-2)20(24)14-9-11-16(12-10-14)21-19(23)18-13-15-7-5-6-8-17(15)25-18/h5-13H,3-4H2,1-2H3,(H,21,23). The van der Waals surface area contributed by atoms with E-state index < -0.39 is 0 Å². The fourth-order valence-electron chi connectivity index (χ4n) is 2.68. The van der Waals surface area contributed by atoms with Gasteiger partial charge in [-0.1, -0.05) is 18.2 Å². The van der Waals surface area contributed by atoms with Crippen LogP contribution in [0.3, 0.4) is 0 Å². The second-order valence-electron chi connectivity index (χ2n) is 5.66. The lowest BCUT2D eigenvalue weighted by molar-refractivity contribution is 0.0773. The number of hydrogen-bond acceptors (Lipinski definition) is 3. The molecular formula is C20H20N2O2S. The van der Waals surface area contributed by atoms with Crippen LogP contribution in [0.2, 0.25) is 0 Å². The number of carbonyl (C=O) groups is 2. The van der Waals surface area contributed by atoms with Crippen molar-refractivity contribution in [1.29, 1.82) is 0 Å². The van der Waals surface area contributed by atoms with Gasteiger partial charge in [0, 0.05) is 29.0 Å². The fourth-order valence-corrected chi connectivity index (χ4v) is 3.63. The van der Waals surface area contributed by atoms with Crippen molar-refractivity contribution in [3.8, 4) is 0 Å². The van der Waals surface area contributed by atoms with E-state index in [4.69, 9.17) is 0 Å². The normalized spacial score (nSPS) is 10.6. The summed E-state index contributed by atoms with van der Waals surface area (Å²) in [6.45, 7) is 5.28. The van der Waals surface area contributed by atoms with Crippen LogP contribution in [-0.4, -0.2) is 29.8 Å². The van der Waals surface area contributed by atoms with Gasteiger partial charge in [-0.15, -0.1) is 11.3 Å². The maximum atomic E-state index is 12.4. The number of nitrogens with zero attached hydrogens (tertiary/aromatic N) is 1. The lowest BCUT2D eigenvalue weighted by Gasteiger charge is -2.18. The molecule has 25 heavy (non-hydrogen) atoms. The number of benzene rings is 2. The molecule has 0 bridgehead atoms. The zero-order valence-electron chi connectivity index (χ0n) is 14.3. The average Bonchev–Trinajstić information content (AvgIpc) is 3.07. The van der Waals surface area contributed by atoms with Crippen LogP contribution < -0.4 is 5.32 Å². The molecule has 2 aromatic carbocycles. The van der Waals surface area contributed by atoms with Crippen molar-refractivity contribution >= 4 is 38.9 Å². The minimum Gasteiger partial charge on any atom is -0.339 e. The van der Waals surface area contributed by atoms with Crippen molar-refractivity contribution in [2.75, 3.05) is 18.4 Å². The largest absolute Gasteiger partial charge is 0.339 e. The number of rotatable bonds is 5. The Kier molecular flexibility index (Phi) is 5.14. The molecule has 0 unspecified atom stereocenters. The van der Waals surface area contributed by atoms with Crippen LogP contribution in [0.5, 0.6) is 0 Å².